The fourth-order valence-electron chi connectivity index (χ4n) is 2.03. The SMILES string of the molecule is CC(C)Oc1cccc(OC(C)C)c1-c1[c-]cccc1.[Zn+][Br]. The molecule has 114 valence electrons. The van der Waals surface area contributed by atoms with E-state index in [9.17, 15) is 0 Å². The number of benzene rings is 2. The van der Waals surface area contributed by atoms with Crippen LogP contribution in [0.5, 0.6) is 11.5 Å². The van der Waals surface area contributed by atoms with Crippen LogP contribution in [0.1, 0.15) is 27.7 Å². The molecule has 0 heterocycles. The zero-order valence-corrected chi connectivity index (χ0v) is 18.2. The first-order valence-corrected chi connectivity index (χ1v) is 14.2. The second-order valence-electron chi connectivity index (χ2n) is 5.24. The molecule has 0 amide bonds. The predicted octanol–water partition coefficient (Wildman–Crippen LogP) is 5.57. The van der Waals surface area contributed by atoms with Gasteiger partial charge in [-0.15, -0.1) is 35.9 Å². The van der Waals surface area contributed by atoms with Gasteiger partial charge in [-0.1, -0.05) is 6.07 Å². The van der Waals surface area contributed by atoms with Crippen molar-refractivity contribution in [2.75, 3.05) is 0 Å². The Bertz CT molecular complexity index is 528. The predicted molar refractivity (Wildman–Crippen MR) is 91.2 cm³/mol. The van der Waals surface area contributed by atoms with Gasteiger partial charge in [0.1, 0.15) is 0 Å². The first kappa shape index (κ1) is 19.2. The van der Waals surface area contributed by atoms with Crippen molar-refractivity contribution in [3.63, 3.8) is 0 Å². The van der Waals surface area contributed by atoms with Crippen LogP contribution in [-0.4, -0.2) is 12.2 Å². The van der Waals surface area contributed by atoms with E-state index in [1.165, 1.54) is 16.3 Å². The monoisotopic (exact) mass is 412 g/mol. The third-order valence-corrected chi connectivity index (χ3v) is 2.69. The van der Waals surface area contributed by atoms with Gasteiger partial charge >= 0.3 is 30.0 Å². The number of hydrogen-bond donors (Lipinski definition) is 0. The molecule has 2 rings (SSSR count). The molecule has 0 atom stereocenters. The van der Waals surface area contributed by atoms with Gasteiger partial charge < -0.3 is 9.47 Å². The van der Waals surface area contributed by atoms with Crippen LogP contribution in [0.4, 0.5) is 0 Å². The van der Waals surface area contributed by atoms with Crippen LogP contribution in [-0.2, 0) is 16.3 Å². The summed E-state index contributed by atoms with van der Waals surface area (Å²) in [4.78, 5) is 0. The van der Waals surface area contributed by atoms with Crippen molar-refractivity contribution in [2.24, 2.45) is 0 Å². The van der Waals surface area contributed by atoms with E-state index in [-0.39, 0.29) is 12.2 Å². The summed E-state index contributed by atoms with van der Waals surface area (Å²) in [6, 6.07) is 17.0. The van der Waals surface area contributed by atoms with Gasteiger partial charge in [-0.05, 0) is 45.4 Å². The van der Waals surface area contributed by atoms with Crippen LogP contribution >= 0.6 is 13.6 Å². The molecule has 2 nitrogen and oxygen atoms in total. The van der Waals surface area contributed by atoms with Gasteiger partial charge in [0.15, 0.2) is 0 Å². The molecule has 0 aliphatic rings. The molecule has 0 aliphatic carbocycles. The van der Waals surface area contributed by atoms with Crippen LogP contribution in [0.25, 0.3) is 11.1 Å². The van der Waals surface area contributed by atoms with E-state index in [0.717, 1.165) is 22.6 Å². The van der Waals surface area contributed by atoms with Gasteiger partial charge in [-0.25, -0.2) is 0 Å². The Morgan fingerprint density at radius 3 is 1.82 bits per heavy atom. The van der Waals surface area contributed by atoms with E-state index in [0.29, 0.717) is 0 Å². The topological polar surface area (TPSA) is 18.5 Å². The Morgan fingerprint density at radius 1 is 0.864 bits per heavy atom. The van der Waals surface area contributed by atoms with Crippen LogP contribution < -0.4 is 9.47 Å². The Kier molecular flexibility index (Phi) is 8.74. The first-order valence-electron chi connectivity index (χ1n) is 7.28. The third-order valence-electron chi connectivity index (χ3n) is 2.69. The normalized spacial score (nSPS) is 10.2. The molecule has 0 aliphatic heterocycles. The van der Waals surface area contributed by atoms with E-state index >= 15 is 0 Å². The summed E-state index contributed by atoms with van der Waals surface area (Å²) >= 11 is 4.25. The molecule has 0 saturated heterocycles. The zero-order valence-electron chi connectivity index (χ0n) is 13.6. The molecule has 22 heavy (non-hydrogen) atoms. The number of ether oxygens (including phenoxy) is 2. The van der Waals surface area contributed by atoms with Gasteiger partial charge in [0.05, 0.1) is 23.7 Å². The van der Waals surface area contributed by atoms with E-state index in [4.69, 9.17) is 9.47 Å². The maximum atomic E-state index is 5.92. The minimum atomic E-state index is 0.117. The van der Waals surface area contributed by atoms with Gasteiger partial charge in [-0.3, -0.25) is 0 Å². The molecule has 0 radical (unpaired) electrons. The molecule has 0 bridgehead atoms. The molecule has 0 N–H and O–H groups in total. The summed E-state index contributed by atoms with van der Waals surface area (Å²) in [6.07, 6.45) is 0.235. The van der Waals surface area contributed by atoms with E-state index in [2.05, 4.69) is 19.7 Å². The summed E-state index contributed by atoms with van der Waals surface area (Å²) in [6.45, 7) is 8.09. The van der Waals surface area contributed by atoms with Crippen molar-refractivity contribution in [1.29, 1.82) is 0 Å². The fraction of sp³-hybridized carbons (Fsp3) is 0.333. The standard InChI is InChI=1S/C18H21O2.BrH.Zn/c1-13(2)19-16-11-8-12-17(20-14(3)4)18(16)15-9-6-5-7-10-15;;/h5-9,11-14H,1-4H3;1H;/q-1;;+2/p-1. The van der Waals surface area contributed by atoms with Gasteiger partial charge in [0, 0.05) is 0 Å². The van der Waals surface area contributed by atoms with Crippen LogP contribution in [0, 0.1) is 6.07 Å². The minimum absolute atomic E-state index is 0.117. The average molecular weight is 415 g/mol. The molecule has 2 aromatic rings. The summed E-state index contributed by atoms with van der Waals surface area (Å²) in [7, 11) is 0. The van der Waals surface area contributed by atoms with Crippen LogP contribution in [0.2, 0.25) is 0 Å². The second-order valence-corrected chi connectivity index (χ2v) is 5.24. The van der Waals surface area contributed by atoms with Gasteiger partial charge in [0.25, 0.3) is 0 Å². The Hall–Kier alpha value is -0.857. The summed E-state index contributed by atoms with van der Waals surface area (Å²) in [5.74, 6) is 1.67. The molecular formula is C18H21BrO2Zn. The van der Waals surface area contributed by atoms with Gasteiger partial charge in [0.2, 0.25) is 0 Å². The van der Waals surface area contributed by atoms with Gasteiger partial charge in [-0.2, -0.15) is 0 Å². The molecule has 4 heteroatoms. The van der Waals surface area contributed by atoms with Crippen LogP contribution in [0.3, 0.4) is 0 Å². The molecular weight excluding hydrogens is 393 g/mol. The third kappa shape index (κ3) is 5.74. The van der Waals surface area contributed by atoms with E-state index in [1.807, 2.05) is 70.2 Å². The summed E-state index contributed by atoms with van der Waals surface area (Å²) in [5.41, 5.74) is 1.95. The quantitative estimate of drug-likeness (QED) is 0.470. The van der Waals surface area contributed by atoms with E-state index < -0.39 is 0 Å². The second kappa shape index (κ2) is 10.0. The Morgan fingerprint density at radius 2 is 1.41 bits per heavy atom. The van der Waals surface area contributed by atoms with Crippen molar-refractivity contribution in [3.05, 3.63) is 48.5 Å². The molecule has 0 spiro atoms. The average Bonchev–Trinajstić information content (AvgIpc) is 2.49. The van der Waals surface area contributed by atoms with Crippen molar-refractivity contribution in [1.82, 2.24) is 0 Å². The summed E-state index contributed by atoms with van der Waals surface area (Å²) in [5, 5.41) is 0. The molecule has 0 unspecified atom stereocenters. The molecule has 0 fully saturated rings. The Labute approximate surface area is 150 Å². The van der Waals surface area contributed by atoms with Crippen LogP contribution in [0.15, 0.2) is 42.5 Å². The fourth-order valence-corrected chi connectivity index (χ4v) is 2.03. The number of hydrogen-bond acceptors (Lipinski definition) is 2. The molecule has 0 saturated carbocycles. The van der Waals surface area contributed by atoms with E-state index in [1.54, 1.807) is 0 Å². The summed E-state index contributed by atoms with van der Waals surface area (Å²) < 4.78 is 11.8. The maximum absolute atomic E-state index is 5.92. The Balaban J connectivity index is 0.00000116. The zero-order chi connectivity index (χ0) is 16.5. The van der Waals surface area contributed by atoms with Crippen molar-refractivity contribution in [3.8, 4) is 22.6 Å². The van der Waals surface area contributed by atoms with Crippen molar-refractivity contribution >= 4 is 13.6 Å². The molecule has 0 aromatic heterocycles. The molecule has 2 aromatic carbocycles. The first-order chi connectivity index (χ1) is 10.6. The number of rotatable bonds is 5. The number of halogens is 1. The van der Waals surface area contributed by atoms with Crippen molar-refractivity contribution < 1.29 is 25.8 Å². The van der Waals surface area contributed by atoms with Crippen molar-refractivity contribution in [2.45, 2.75) is 39.9 Å².